The van der Waals surface area contributed by atoms with Gasteiger partial charge in [0, 0.05) is 36.2 Å². The van der Waals surface area contributed by atoms with E-state index < -0.39 is 11.7 Å². The number of aromatic nitrogens is 2. The summed E-state index contributed by atoms with van der Waals surface area (Å²) in [5.74, 6) is 0.689. The molecule has 2 aromatic rings. The number of alkyl halides is 3. The Labute approximate surface area is 153 Å². The zero-order valence-corrected chi connectivity index (χ0v) is 14.4. The molecule has 2 heterocycles. The molecule has 1 aromatic carbocycles. The maximum Gasteiger partial charge on any atom is 0.416 e. The molecule has 26 heavy (non-hydrogen) atoms. The molecule has 2 N–H and O–H groups in total. The van der Waals surface area contributed by atoms with Crippen molar-refractivity contribution in [1.82, 2.24) is 9.97 Å². The van der Waals surface area contributed by atoms with Gasteiger partial charge in [0.05, 0.1) is 12.1 Å². The van der Waals surface area contributed by atoms with E-state index in [1.54, 1.807) is 0 Å². The molecule has 1 aliphatic rings. The highest BCUT2D eigenvalue weighted by molar-refractivity contribution is 6.31. The van der Waals surface area contributed by atoms with Crippen LogP contribution in [-0.2, 0) is 17.4 Å². The van der Waals surface area contributed by atoms with Gasteiger partial charge in [-0.05, 0) is 24.1 Å². The number of carbonyl (C=O) groups excluding carboxylic acids is 1. The van der Waals surface area contributed by atoms with Crippen LogP contribution >= 0.6 is 11.6 Å². The largest absolute Gasteiger partial charge is 0.416 e. The highest BCUT2D eigenvalue weighted by Gasteiger charge is 2.31. The topological polar surface area (TPSA) is 72.1 Å². The van der Waals surface area contributed by atoms with Crippen molar-refractivity contribution in [3.63, 3.8) is 0 Å². The average Bonchev–Trinajstić information content (AvgIpc) is 2.57. The van der Waals surface area contributed by atoms with Gasteiger partial charge in [-0.25, -0.2) is 4.98 Å². The molecule has 0 spiro atoms. The van der Waals surface area contributed by atoms with Gasteiger partial charge in [-0.2, -0.15) is 18.2 Å². The Balaban J connectivity index is 1.92. The molecule has 1 saturated heterocycles. The summed E-state index contributed by atoms with van der Waals surface area (Å²) in [7, 11) is 0. The molecule has 3 rings (SSSR count). The number of ketones is 1. The molecule has 1 aromatic heterocycles. The monoisotopic (exact) mass is 384 g/mol. The van der Waals surface area contributed by atoms with Crippen molar-refractivity contribution in [3.8, 4) is 0 Å². The summed E-state index contributed by atoms with van der Waals surface area (Å²) in [5, 5.41) is 0.0114. The number of nitrogen functional groups attached to an aromatic ring is 1. The first-order chi connectivity index (χ1) is 12.2. The number of carbonyl (C=O) groups is 1. The van der Waals surface area contributed by atoms with Crippen LogP contribution < -0.4 is 10.6 Å². The SMILES string of the molecule is Nc1ncc(Cc2ccc(C(F)(F)F)cc2Cl)c(N2CCCC(=O)C2)n1. The van der Waals surface area contributed by atoms with Crippen LogP contribution in [0.1, 0.15) is 29.5 Å². The van der Waals surface area contributed by atoms with E-state index >= 15 is 0 Å². The maximum absolute atomic E-state index is 12.8. The summed E-state index contributed by atoms with van der Waals surface area (Å²) in [4.78, 5) is 21.8. The van der Waals surface area contributed by atoms with Crippen LogP contribution in [0.4, 0.5) is 24.9 Å². The minimum absolute atomic E-state index is 0.0114. The van der Waals surface area contributed by atoms with Gasteiger partial charge >= 0.3 is 6.18 Å². The number of benzene rings is 1. The van der Waals surface area contributed by atoms with Crippen LogP contribution in [0.25, 0.3) is 0 Å². The Morgan fingerprint density at radius 1 is 1.27 bits per heavy atom. The van der Waals surface area contributed by atoms with Crippen molar-refractivity contribution in [1.29, 1.82) is 0 Å². The first-order valence-corrected chi connectivity index (χ1v) is 8.35. The van der Waals surface area contributed by atoms with Crippen molar-refractivity contribution < 1.29 is 18.0 Å². The predicted molar refractivity (Wildman–Crippen MR) is 92.2 cm³/mol. The van der Waals surface area contributed by atoms with Crippen molar-refractivity contribution in [3.05, 3.63) is 46.1 Å². The normalized spacial score (nSPS) is 15.4. The molecule has 0 unspecified atom stereocenters. The van der Waals surface area contributed by atoms with Crippen molar-refractivity contribution >= 4 is 29.2 Å². The summed E-state index contributed by atoms with van der Waals surface area (Å²) in [6.45, 7) is 0.875. The number of rotatable bonds is 3. The molecule has 0 amide bonds. The highest BCUT2D eigenvalue weighted by atomic mass is 35.5. The summed E-state index contributed by atoms with van der Waals surface area (Å²) >= 11 is 6.04. The van der Waals surface area contributed by atoms with E-state index in [2.05, 4.69) is 9.97 Å². The first-order valence-electron chi connectivity index (χ1n) is 7.97. The Hall–Kier alpha value is -2.35. The molecular weight excluding hydrogens is 369 g/mol. The highest BCUT2D eigenvalue weighted by Crippen LogP contribution is 2.33. The van der Waals surface area contributed by atoms with E-state index in [1.165, 1.54) is 12.3 Å². The number of anilines is 2. The van der Waals surface area contributed by atoms with E-state index in [0.29, 0.717) is 36.3 Å². The van der Waals surface area contributed by atoms with Gasteiger partial charge in [-0.1, -0.05) is 17.7 Å². The van der Waals surface area contributed by atoms with Crippen molar-refractivity contribution in [2.45, 2.75) is 25.4 Å². The Morgan fingerprint density at radius 3 is 2.69 bits per heavy atom. The number of piperidine rings is 1. The maximum atomic E-state index is 12.8. The Bertz CT molecular complexity index is 841. The second-order valence-corrected chi connectivity index (χ2v) is 6.53. The molecule has 9 heteroatoms. The summed E-state index contributed by atoms with van der Waals surface area (Å²) in [6.07, 6.45) is -1.46. The fourth-order valence-corrected chi connectivity index (χ4v) is 3.15. The third-order valence-corrected chi connectivity index (χ3v) is 4.52. The smallest absolute Gasteiger partial charge is 0.368 e. The van der Waals surface area contributed by atoms with Gasteiger partial charge < -0.3 is 10.6 Å². The van der Waals surface area contributed by atoms with E-state index in [1.807, 2.05) is 4.90 Å². The summed E-state index contributed by atoms with van der Waals surface area (Å²) in [6, 6.07) is 3.23. The molecule has 0 saturated carbocycles. The molecule has 1 fully saturated rings. The van der Waals surface area contributed by atoms with E-state index in [4.69, 9.17) is 17.3 Å². The third-order valence-electron chi connectivity index (χ3n) is 4.17. The number of Topliss-reactive ketones (excluding diaryl/α,β-unsaturated/α-hetero) is 1. The van der Waals surface area contributed by atoms with E-state index in [9.17, 15) is 18.0 Å². The first kappa shape index (κ1) is 18.4. The van der Waals surface area contributed by atoms with Crippen molar-refractivity contribution in [2.24, 2.45) is 0 Å². The number of halogens is 4. The molecule has 1 aliphatic heterocycles. The molecule has 0 aliphatic carbocycles. The average molecular weight is 385 g/mol. The van der Waals surface area contributed by atoms with Gasteiger partial charge in [0.1, 0.15) is 5.82 Å². The van der Waals surface area contributed by atoms with E-state index in [-0.39, 0.29) is 29.7 Å². The van der Waals surface area contributed by atoms with Gasteiger partial charge in [0.25, 0.3) is 0 Å². The summed E-state index contributed by atoms with van der Waals surface area (Å²) in [5.41, 5.74) is 6.03. The molecule has 138 valence electrons. The van der Waals surface area contributed by atoms with Gasteiger partial charge in [-0.3, -0.25) is 4.79 Å². The number of nitrogens with zero attached hydrogens (tertiary/aromatic N) is 3. The Morgan fingerprint density at radius 2 is 2.04 bits per heavy atom. The number of hydrogen-bond donors (Lipinski definition) is 1. The lowest BCUT2D eigenvalue weighted by Crippen LogP contribution is -2.37. The lowest BCUT2D eigenvalue weighted by Gasteiger charge is -2.28. The predicted octanol–water partition coefficient (Wildman–Crippen LogP) is 3.49. The van der Waals surface area contributed by atoms with Crippen LogP contribution in [0.2, 0.25) is 5.02 Å². The molecular formula is C17H16ClF3N4O. The quantitative estimate of drug-likeness (QED) is 0.877. The second-order valence-electron chi connectivity index (χ2n) is 6.12. The van der Waals surface area contributed by atoms with Gasteiger partial charge in [0.15, 0.2) is 5.78 Å². The van der Waals surface area contributed by atoms with E-state index in [0.717, 1.165) is 12.1 Å². The van der Waals surface area contributed by atoms with Gasteiger partial charge in [-0.15, -0.1) is 0 Å². The minimum Gasteiger partial charge on any atom is -0.368 e. The van der Waals surface area contributed by atoms with Crippen LogP contribution in [0.5, 0.6) is 0 Å². The van der Waals surface area contributed by atoms with Crippen molar-refractivity contribution in [2.75, 3.05) is 23.7 Å². The Kier molecular flexibility index (Phi) is 5.04. The molecule has 5 nitrogen and oxygen atoms in total. The number of hydrogen-bond acceptors (Lipinski definition) is 5. The number of nitrogens with two attached hydrogens (primary N) is 1. The minimum atomic E-state index is -4.45. The molecule has 0 atom stereocenters. The van der Waals surface area contributed by atoms with Crippen LogP contribution in [0.3, 0.4) is 0 Å². The molecule has 0 radical (unpaired) electrons. The van der Waals surface area contributed by atoms with Crippen LogP contribution in [0.15, 0.2) is 24.4 Å². The van der Waals surface area contributed by atoms with Crippen LogP contribution in [0, 0.1) is 0 Å². The fourth-order valence-electron chi connectivity index (χ4n) is 2.90. The zero-order valence-electron chi connectivity index (χ0n) is 13.7. The fraction of sp³-hybridized carbons (Fsp3) is 0.353. The lowest BCUT2D eigenvalue weighted by atomic mass is 10.0. The van der Waals surface area contributed by atoms with Gasteiger partial charge in [0.2, 0.25) is 5.95 Å². The third kappa shape index (κ3) is 4.07. The lowest BCUT2D eigenvalue weighted by molar-refractivity contribution is -0.137. The standard InChI is InChI=1S/C17H16ClF3N4O/c18-14-7-12(17(19,20)21)4-3-10(14)6-11-8-23-16(22)24-15(11)25-5-1-2-13(26)9-25/h3-4,7-8H,1-2,5-6,9H2,(H2,22,23,24). The molecule has 0 bridgehead atoms. The second kappa shape index (κ2) is 7.11. The zero-order chi connectivity index (χ0) is 18.9. The summed E-state index contributed by atoms with van der Waals surface area (Å²) < 4.78 is 38.4. The van der Waals surface area contributed by atoms with Crippen LogP contribution in [-0.4, -0.2) is 28.8 Å².